The van der Waals surface area contributed by atoms with E-state index in [1.807, 2.05) is 0 Å². The van der Waals surface area contributed by atoms with Crippen molar-refractivity contribution in [2.45, 2.75) is 38.0 Å². The fourth-order valence-corrected chi connectivity index (χ4v) is 4.03. The number of halogens is 1. The van der Waals surface area contributed by atoms with Crippen molar-refractivity contribution in [1.29, 1.82) is 0 Å². The Balaban J connectivity index is 1.63. The van der Waals surface area contributed by atoms with Crippen LogP contribution in [0, 0.1) is 12.7 Å². The number of benzene rings is 2. The Hall–Kier alpha value is -3.24. The van der Waals surface area contributed by atoms with Crippen LogP contribution in [0.3, 0.4) is 0 Å². The van der Waals surface area contributed by atoms with Crippen LogP contribution in [0.4, 0.5) is 4.39 Å². The lowest BCUT2D eigenvalue weighted by Crippen LogP contribution is -2.49. The Bertz CT molecular complexity index is 1240. The van der Waals surface area contributed by atoms with E-state index in [2.05, 4.69) is 4.98 Å². The molecule has 1 heterocycles. The van der Waals surface area contributed by atoms with E-state index in [1.165, 1.54) is 24.5 Å². The van der Waals surface area contributed by atoms with Gasteiger partial charge in [0.1, 0.15) is 34.4 Å². The molecule has 8 nitrogen and oxygen atoms in total. The van der Waals surface area contributed by atoms with Gasteiger partial charge in [0.25, 0.3) is 5.91 Å². The second kappa shape index (κ2) is 9.72. The highest BCUT2D eigenvalue weighted by Gasteiger charge is 2.43. The number of hydrogen-bond donors (Lipinski definition) is 2. The van der Waals surface area contributed by atoms with E-state index in [1.54, 1.807) is 43.3 Å². The molecule has 1 aromatic heterocycles. The first-order valence-corrected chi connectivity index (χ1v) is 12.0. The number of amides is 1. The smallest absolute Gasteiger partial charge is 0.264 e. The van der Waals surface area contributed by atoms with Gasteiger partial charge < -0.3 is 9.15 Å². The van der Waals surface area contributed by atoms with Gasteiger partial charge in [0.15, 0.2) is 9.84 Å². The number of sulfone groups is 1. The number of nitrogens with zero attached hydrogens (tertiary/aromatic N) is 1. The van der Waals surface area contributed by atoms with Crippen LogP contribution in [0.25, 0.3) is 11.5 Å². The normalized spacial score (nSPS) is 13.4. The zero-order chi connectivity index (χ0) is 24.2. The van der Waals surface area contributed by atoms with Crippen molar-refractivity contribution in [2.24, 2.45) is 0 Å². The quantitative estimate of drug-likeness (QED) is 0.358. The minimum absolute atomic E-state index is 0.000574. The van der Waals surface area contributed by atoms with Crippen molar-refractivity contribution in [3.05, 3.63) is 71.4 Å². The van der Waals surface area contributed by atoms with Gasteiger partial charge in [-0.25, -0.2) is 23.3 Å². The van der Waals surface area contributed by atoms with Crippen LogP contribution in [0.15, 0.2) is 52.9 Å². The molecule has 0 aliphatic carbocycles. The molecule has 0 aliphatic rings. The number of ether oxygens (including phenoxy) is 1. The molecule has 33 heavy (non-hydrogen) atoms. The number of oxazole rings is 1. The molecule has 2 aromatic carbocycles. The van der Waals surface area contributed by atoms with Crippen LogP contribution in [0.2, 0.25) is 0 Å². The zero-order valence-corrected chi connectivity index (χ0v) is 19.3. The van der Waals surface area contributed by atoms with Gasteiger partial charge in [-0.3, -0.25) is 10.0 Å². The molecule has 0 saturated heterocycles. The molecule has 0 bridgehead atoms. The average Bonchev–Trinajstić information content (AvgIpc) is 3.16. The van der Waals surface area contributed by atoms with E-state index >= 15 is 0 Å². The first-order chi connectivity index (χ1) is 15.5. The molecule has 176 valence electrons. The van der Waals surface area contributed by atoms with Gasteiger partial charge in [0, 0.05) is 11.8 Å². The molecule has 0 spiro atoms. The average molecular weight is 477 g/mol. The highest BCUT2D eigenvalue weighted by molar-refractivity contribution is 7.92. The summed E-state index contributed by atoms with van der Waals surface area (Å²) in [5.74, 6) is 0.0861. The molecular weight excluding hydrogens is 451 g/mol. The van der Waals surface area contributed by atoms with Crippen LogP contribution in [-0.2, 0) is 27.7 Å². The summed E-state index contributed by atoms with van der Waals surface area (Å²) in [6.45, 7) is 3.18. The largest absolute Gasteiger partial charge is 0.487 e. The van der Waals surface area contributed by atoms with Crippen LogP contribution < -0.4 is 10.2 Å². The number of hydroxylamine groups is 1. The molecule has 1 unspecified atom stereocenters. The van der Waals surface area contributed by atoms with Gasteiger partial charge in [0.05, 0.1) is 0 Å². The first kappa shape index (κ1) is 24.4. The van der Waals surface area contributed by atoms with Crippen molar-refractivity contribution in [3.63, 3.8) is 0 Å². The van der Waals surface area contributed by atoms with Crippen molar-refractivity contribution < 1.29 is 32.0 Å². The molecule has 2 N–H and O–H groups in total. The Morgan fingerprint density at radius 1 is 1.24 bits per heavy atom. The summed E-state index contributed by atoms with van der Waals surface area (Å²) in [6.07, 6.45) is 1.26. The van der Waals surface area contributed by atoms with E-state index in [0.717, 1.165) is 11.8 Å². The maximum absolute atomic E-state index is 13.4. The number of aryl methyl sites for hydroxylation is 2. The summed E-state index contributed by atoms with van der Waals surface area (Å²) >= 11 is 0. The third-order valence-electron chi connectivity index (χ3n) is 5.55. The van der Waals surface area contributed by atoms with Gasteiger partial charge in [-0.05, 0) is 62.6 Å². The van der Waals surface area contributed by atoms with Gasteiger partial charge in [-0.1, -0.05) is 18.2 Å². The molecule has 3 rings (SSSR count). The maximum atomic E-state index is 13.4. The Morgan fingerprint density at radius 2 is 1.94 bits per heavy atom. The number of carbonyl (C=O) groups is 1. The monoisotopic (exact) mass is 476 g/mol. The third kappa shape index (κ3) is 5.58. The van der Waals surface area contributed by atoms with Crippen molar-refractivity contribution >= 4 is 15.7 Å². The molecule has 0 aliphatic heterocycles. The molecule has 1 atom stereocenters. The fraction of sp³-hybridized carbons (Fsp3) is 0.304. The predicted molar refractivity (Wildman–Crippen MR) is 119 cm³/mol. The van der Waals surface area contributed by atoms with E-state index in [4.69, 9.17) is 14.4 Å². The SMILES string of the molecule is Cc1oc(-c2cccc(F)c2)nc1COc1ccc(CCC(C)(C(=O)NO)S(C)(=O)=O)cc1. The van der Waals surface area contributed by atoms with Crippen LogP contribution in [0.5, 0.6) is 5.75 Å². The Kier molecular flexibility index (Phi) is 7.19. The number of hydrogen-bond acceptors (Lipinski definition) is 7. The second-order valence-corrected chi connectivity index (χ2v) is 10.4. The van der Waals surface area contributed by atoms with E-state index in [0.29, 0.717) is 35.1 Å². The minimum atomic E-state index is -3.75. The van der Waals surface area contributed by atoms with Gasteiger partial charge >= 0.3 is 0 Å². The molecule has 0 fully saturated rings. The highest BCUT2D eigenvalue weighted by Crippen LogP contribution is 2.26. The minimum Gasteiger partial charge on any atom is -0.487 e. The molecule has 3 aromatic rings. The van der Waals surface area contributed by atoms with Crippen LogP contribution in [-0.4, -0.2) is 35.5 Å². The standard InChI is InChI=1S/C23H25FN2O6S/c1-15-20(25-21(32-15)17-5-4-6-18(24)13-17)14-31-19-9-7-16(8-10-19)11-12-23(2,22(27)26-28)33(3,29)30/h4-10,13,28H,11-12,14H2,1-3H3,(H,26,27). The number of aromatic nitrogens is 1. The predicted octanol–water partition coefficient (Wildman–Crippen LogP) is 3.61. The highest BCUT2D eigenvalue weighted by atomic mass is 32.2. The zero-order valence-electron chi connectivity index (χ0n) is 18.5. The van der Waals surface area contributed by atoms with E-state index in [-0.39, 0.29) is 18.8 Å². The first-order valence-electron chi connectivity index (χ1n) is 10.1. The molecule has 0 radical (unpaired) electrons. The van der Waals surface area contributed by atoms with Gasteiger partial charge in [0.2, 0.25) is 5.89 Å². The van der Waals surface area contributed by atoms with E-state index < -0.39 is 20.5 Å². The van der Waals surface area contributed by atoms with E-state index in [9.17, 15) is 17.6 Å². The molecular formula is C23H25FN2O6S. The molecule has 10 heteroatoms. The van der Waals surface area contributed by atoms with Crippen molar-refractivity contribution in [2.75, 3.05) is 6.26 Å². The topological polar surface area (TPSA) is 119 Å². The summed E-state index contributed by atoms with van der Waals surface area (Å²) in [4.78, 5) is 16.3. The van der Waals surface area contributed by atoms with Crippen LogP contribution in [0.1, 0.15) is 30.4 Å². The lowest BCUT2D eigenvalue weighted by Gasteiger charge is -2.25. The second-order valence-electron chi connectivity index (χ2n) is 7.91. The molecule has 1 amide bonds. The fourth-order valence-electron chi connectivity index (χ4n) is 3.18. The van der Waals surface area contributed by atoms with Gasteiger partial charge in [-0.15, -0.1) is 0 Å². The summed E-state index contributed by atoms with van der Waals surface area (Å²) in [5, 5.41) is 8.91. The number of carbonyl (C=O) groups excluding carboxylic acids is 1. The van der Waals surface area contributed by atoms with Gasteiger partial charge in [-0.2, -0.15) is 0 Å². The number of nitrogens with one attached hydrogen (secondary N) is 1. The Labute approximate surface area is 191 Å². The van der Waals surface area contributed by atoms with Crippen molar-refractivity contribution in [1.82, 2.24) is 10.5 Å². The lowest BCUT2D eigenvalue weighted by molar-refractivity contribution is -0.131. The maximum Gasteiger partial charge on any atom is 0.264 e. The summed E-state index contributed by atoms with van der Waals surface area (Å²) in [7, 11) is -3.75. The summed E-state index contributed by atoms with van der Waals surface area (Å²) in [5.41, 5.74) is 3.35. The summed E-state index contributed by atoms with van der Waals surface area (Å²) in [6, 6.07) is 13.0. The number of rotatable bonds is 9. The lowest BCUT2D eigenvalue weighted by atomic mass is 9.99. The van der Waals surface area contributed by atoms with Crippen molar-refractivity contribution in [3.8, 4) is 17.2 Å². The van der Waals surface area contributed by atoms with Crippen LogP contribution >= 0.6 is 0 Å². The molecule has 0 saturated carbocycles. The third-order valence-corrected chi connectivity index (χ3v) is 7.58. The summed E-state index contributed by atoms with van der Waals surface area (Å²) < 4.78 is 47.2. The Morgan fingerprint density at radius 3 is 2.55 bits per heavy atom.